The summed E-state index contributed by atoms with van der Waals surface area (Å²) in [6.45, 7) is 2.81. The van der Waals surface area contributed by atoms with Crippen LogP contribution in [0.15, 0.2) is 48.5 Å². The van der Waals surface area contributed by atoms with Gasteiger partial charge in [0.05, 0.1) is 6.42 Å². The average molecular weight is 481 g/mol. The van der Waals surface area contributed by atoms with Crippen molar-refractivity contribution < 1.29 is 29.0 Å². The van der Waals surface area contributed by atoms with Crippen LogP contribution < -0.4 is 10.6 Å². The number of carboxylic acids is 1. The molecule has 2 aromatic carbocycles. The van der Waals surface area contributed by atoms with Crippen molar-refractivity contribution in [3.05, 3.63) is 59.7 Å². The topological polar surface area (TPSA) is 114 Å². The molecule has 0 unspecified atom stereocenters. The number of benzene rings is 2. The van der Waals surface area contributed by atoms with E-state index >= 15 is 0 Å². The van der Waals surface area contributed by atoms with Crippen LogP contribution in [0, 0.1) is 5.92 Å². The van der Waals surface area contributed by atoms with E-state index in [-0.39, 0.29) is 37.3 Å². The predicted octanol–water partition coefficient (Wildman–Crippen LogP) is 3.69. The molecule has 2 amide bonds. The van der Waals surface area contributed by atoms with E-state index in [4.69, 9.17) is 14.6 Å². The van der Waals surface area contributed by atoms with E-state index in [0.717, 1.165) is 17.5 Å². The second-order valence-corrected chi connectivity index (χ2v) is 9.14. The fourth-order valence-electron chi connectivity index (χ4n) is 5.06. The Balaban J connectivity index is 1.29. The van der Waals surface area contributed by atoms with E-state index in [1.807, 2.05) is 31.2 Å². The first-order valence-electron chi connectivity index (χ1n) is 12.2. The Kier molecular flexibility index (Phi) is 8.02. The number of carbonyl (C=O) groups excluding carboxylic acids is 2. The molecular weight excluding hydrogens is 448 g/mol. The summed E-state index contributed by atoms with van der Waals surface area (Å²) in [5.74, 6) is -1.51. The molecule has 0 bridgehead atoms. The zero-order chi connectivity index (χ0) is 24.8. The van der Waals surface area contributed by atoms with E-state index in [1.54, 1.807) is 0 Å². The summed E-state index contributed by atoms with van der Waals surface area (Å²) in [6.07, 6.45) is 0.572. The molecule has 1 aliphatic heterocycles. The van der Waals surface area contributed by atoms with Crippen LogP contribution in [-0.2, 0) is 19.1 Å². The largest absolute Gasteiger partial charge is 0.481 e. The first-order valence-corrected chi connectivity index (χ1v) is 12.2. The minimum atomic E-state index is -0.954. The molecule has 1 fully saturated rings. The lowest BCUT2D eigenvalue weighted by atomic mass is 9.98. The number of alkyl carbamates (subject to hydrolysis) is 1. The first kappa shape index (κ1) is 24.7. The Labute approximate surface area is 205 Å². The molecule has 4 rings (SSSR count). The second-order valence-electron chi connectivity index (χ2n) is 9.14. The summed E-state index contributed by atoms with van der Waals surface area (Å²) < 4.78 is 11.2. The molecule has 35 heavy (non-hydrogen) atoms. The molecule has 186 valence electrons. The zero-order valence-electron chi connectivity index (χ0n) is 19.9. The molecule has 1 aliphatic carbocycles. The van der Waals surface area contributed by atoms with E-state index in [2.05, 4.69) is 34.9 Å². The number of fused-ring (bicyclic) bond motifs is 3. The Hall–Kier alpha value is -3.39. The fraction of sp³-hybridized carbons (Fsp3) is 0.444. The van der Waals surface area contributed by atoms with Gasteiger partial charge in [-0.1, -0.05) is 61.9 Å². The Bertz CT molecular complexity index is 1030. The number of rotatable bonds is 10. The van der Waals surface area contributed by atoms with Crippen LogP contribution in [0.3, 0.4) is 0 Å². The van der Waals surface area contributed by atoms with Crippen LogP contribution in [0.1, 0.15) is 49.7 Å². The zero-order valence-corrected chi connectivity index (χ0v) is 19.9. The summed E-state index contributed by atoms with van der Waals surface area (Å²) in [5, 5.41) is 14.7. The van der Waals surface area contributed by atoms with Gasteiger partial charge in [0.1, 0.15) is 12.7 Å². The third kappa shape index (κ3) is 5.82. The first-order chi connectivity index (χ1) is 17.0. The highest BCUT2D eigenvalue weighted by molar-refractivity contribution is 5.82. The molecule has 8 nitrogen and oxygen atoms in total. The maximum absolute atomic E-state index is 12.7. The summed E-state index contributed by atoms with van der Waals surface area (Å²) in [6, 6.07) is 15.9. The highest BCUT2D eigenvalue weighted by Gasteiger charge is 2.36. The molecule has 3 N–H and O–H groups in total. The summed E-state index contributed by atoms with van der Waals surface area (Å²) >= 11 is 0. The van der Waals surface area contributed by atoms with E-state index in [1.165, 1.54) is 11.1 Å². The molecule has 3 atom stereocenters. The van der Waals surface area contributed by atoms with E-state index in [0.29, 0.717) is 19.4 Å². The van der Waals surface area contributed by atoms with Crippen LogP contribution in [0.4, 0.5) is 4.79 Å². The van der Waals surface area contributed by atoms with Gasteiger partial charge in [-0.2, -0.15) is 0 Å². The summed E-state index contributed by atoms with van der Waals surface area (Å²) in [4.78, 5) is 36.3. The fourth-order valence-corrected chi connectivity index (χ4v) is 5.06. The van der Waals surface area contributed by atoms with Gasteiger partial charge >= 0.3 is 12.1 Å². The molecule has 8 heteroatoms. The number of hydrogen-bond donors (Lipinski definition) is 3. The molecule has 0 radical (unpaired) electrons. The maximum atomic E-state index is 12.7. The van der Waals surface area contributed by atoms with Crippen molar-refractivity contribution in [3.8, 4) is 11.1 Å². The van der Waals surface area contributed by atoms with Gasteiger partial charge in [-0.3, -0.25) is 9.59 Å². The van der Waals surface area contributed by atoms with Gasteiger partial charge in [-0.25, -0.2) is 4.79 Å². The molecule has 0 saturated carbocycles. The second kappa shape index (κ2) is 11.4. The predicted molar refractivity (Wildman–Crippen MR) is 130 cm³/mol. The van der Waals surface area contributed by atoms with Gasteiger partial charge in [0, 0.05) is 31.0 Å². The van der Waals surface area contributed by atoms with Gasteiger partial charge in [0.15, 0.2) is 0 Å². The Morgan fingerprint density at radius 1 is 1.09 bits per heavy atom. The standard InChI is InChI=1S/C27H32N2O6/c1-2-7-18(14-24(30)31)29-26(32)25-17(12-13-34-25)15-28-27(33)35-16-23-21-10-5-3-8-19(21)20-9-4-6-11-22(20)23/h3-6,8-11,17-18,23,25H,2,7,12-16H2,1H3,(H,28,33)(H,29,32)(H,30,31)/t17-,18+,25-/m1/s1. The third-order valence-corrected chi connectivity index (χ3v) is 6.73. The number of carboxylic acid groups (broad SMARTS) is 1. The van der Waals surface area contributed by atoms with E-state index in [9.17, 15) is 14.4 Å². The summed E-state index contributed by atoms with van der Waals surface area (Å²) in [7, 11) is 0. The Morgan fingerprint density at radius 3 is 2.37 bits per heavy atom. The quantitative estimate of drug-likeness (QED) is 0.478. The monoisotopic (exact) mass is 480 g/mol. The Morgan fingerprint density at radius 2 is 1.74 bits per heavy atom. The van der Waals surface area contributed by atoms with Crippen molar-refractivity contribution in [1.82, 2.24) is 10.6 Å². The van der Waals surface area contributed by atoms with Gasteiger partial charge < -0.3 is 25.2 Å². The SMILES string of the molecule is CCC[C@@H](CC(=O)O)NC(=O)[C@@H]1OCC[C@@H]1CNC(=O)OCC1c2ccccc2-c2ccccc21. The smallest absolute Gasteiger partial charge is 0.407 e. The number of amides is 2. The molecule has 0 spiro atoms. The van der Waals surface area contributed by atoms with E-state index < -0.39 is 24.2 Å². The highest BCUT2D eigenvalue weighted by atomic mass is 16.5. The molecule has 1 heterocycles. The molecular formula is C27H32N2O6. The molecule has 0 aromatic heterocycles. The van der Waals surface area contributed by atoms with Gasteiger partial charge in [-0.15, -0.1) is 0 Å². The summed E-state index contributed by atoms with van der Waals surface area (Å²) in [5.41, 5.74) is 4.62. The van der Waals surface area contributed by atoms with Crippen LogP contribution in [0.2, 0.25) is 0 Å². The maximum Gasteiger partial charge on any atom is 0.407 e. The molecule has 2 aliphatic rings. The van der Waals surface area contributed by atoms with Crippen molar-refractivity contribution in [3.63, 3.8) is 0 Å². The number of nitrogens with one attached hydrogen (secondary N) is 2. The van der Waals surface area contributed by atoms with Crippen LogP contribution in [0.25, 0.3) is 11.1 Å². The lowest BCUT2D eigenvalue weighted by Crippen LogP contribution is -2.46. The lowest BCUT2D eigenvalue weighted by molar-refractivity contribution is -0.138. The normalized spacial score (nSPS) is 19.5. The third-order valence-electron chi connectivity index (χ3n) is 6.73. The highest BCUT2D eigenvalue weighted by Crippen LogP contribution is 2.44. The van der Waals surface area contributed by atoms with Crippen molar-refractivity contribution in [1.29, 1.82) is 0 Å². The van der Waals surface area contributed by atoms with Gasteiger partial charge in [-0.05, 0) is 35.1 Å². The average Bonchev–Trinajstić information content (AvgIpc) is 3.44. The van der Waals surface area contributed by atoms with Crippen molar-refractivity contribution in [2.24, 2.45) is 5.92 Å². The number of carbonyl (C=O) groups is 3. The van der Waals surface area contributed by atoms with Gasteiger partial charge in [0.2, 0.25) is 5.91 Å². The van der Waals surface area contributed by atoms with Crippen molar-refractivity contribution in [2.75, 3.05) is 19.8 Å². The molecule has 2 aromatic rings. The number of hydrogen-bond acceptors (Lipinski definition) is 5. The van der Waals surface area contributed by atoms with Crippen LogP contribution >= 0.6 is 0 Å². The van der Waals surface area contributed by atoms with Crippen LogP contribution in [-0.4, -0.2) is 55.0 Å². The van der Waals surface area contributed by atoms with Crippen LogP contribution in [0.5, 0.6) is 0 Å². The number of ether oxygens (including phenoxy) is 2. The van der Waals surface area contributed by atoms with Crippen molar-refractivity contribution in [2.45, 2.75) is 50.7 Å². The number of aliphatic carboxylic acids is 1. The minimum Gasteiger partial charge on any atom is -0.481 e. The minimum absolute atomic E-state index is 0.0220. The van der Waals surface area contributed by atoms with Crippen molar-refractivity contribution >= 4 is 18.0 Å². The molecule has 1 saturated heterocycles. The van der Waals surface area contributed by atoms with Gasteiger partial charge in [0.25, 0.3) is 0 Å². The lowest BCUT2D eigenvalue weighted by Gasteiger charge is -2.22.